The van der Waals surface area contributed by atoms with Gasteiger partial charge in [-0.3, -0.25) is 0 Å². The average molecular weight is 191 g/mol. The second kappa shape index (κ2) is 3.26. The minimum absolute atomic E-state index is 0.175. The van der Waals surface area contributed by atoms with Gasteiger partial charge in [-0.05, 0) is 6.07 Å². The summed E-state index contributed by atoms with van der Waals surface area (Å²) < 4.78 is 11.4. The first-order valence-electron chi connectivity index (χ1n) is 5.02. The summed E-state index contributed by atoms with van der Waals surface area (Å²) in [5, 5.41) is 3.41. The van der Waals surface area contributed by atoms with Crippen molar-refractivity contribution in [2.75, 3.05) is 19.8 Å². The third-order valence-corrected chi connectivity index (χ3v) is 2.82. The van der Waals surface area contributed by atoms with Crippen molar-refractivity contribution in [1.29, 1.82) is 0 Å². The maximum Gasteiger partial charge on any atom is 0.125 e. The number of hydrogen-bond donors (Lipinski definition) is 1. The molecule has 0 amide bonds. The monoisotopic (exact) mass is 191 g/mol. The van der Waals surface area contributed by atoms with E-state index in [1.54, 1.807) is 0 Å². The van der Waals surface area contributed by atoms with Gasteiger partial charge in [-0.15, -0.1) is 0 Å². The quantitative estimate of drug-likeness (QED) is 0.666. The molecule has 0 aromatic heterocycles. The number of benzene rings is 1. The van der Waals surface area contributed by atoms with E-state index in [2.05, 4.69) is 11.4 Å². The second-order valence-electron chi connectivity index (χ2n) is 3.70. The van der Waals surface area contributed by atoms with Gasteiger partial charge in [-0.25, -0.2) is 0 Å². The Morgan fingerprint density at radius 1 is 1.29 bits per heavy atom. The van der Waals surface area contributed by atoms with E-state index >= 15 is 0 Å². The molecule has 0 spiro atoms. The summed E-state index contributed by atoms with van der Waals surface area (Å²) in [4.78, 5) is 0. The lowest BCUT2D eigenvalue weighted by molar-refractivity contribution is -0.0307. The molecular formula is C11H13NO2. The van der Waals surface area contributed by atoms with E-state index in [1.165, 1.54) is 5.56 Å². The normalized spacial score (nSPS) is 30.0. The summed E-state index contributed by atoms with van der Waals surface area (Å²) >= 11 is 0. The van der Waals surface area contributed by atoms with Crippen molar-refractivity contribution in [3.05, 3.63) is 29.8 Å². The van der Waals surface area contributed by atoms with Gasteiger partial charge in [0.25, 0.3) is 0 Å². The van der Waals surface area contributed by atoms with Crippen LogP contribution in [0, 0.1) is 0 Å². The Balaban J connectivity index is 1.99. The van der Waals surface area contributed by atoms with Crippen LogP contribution >= 0.6 is 0 Å². The van der Waals surface area contributed by atoms with E-state index < -0.39 is 0 Å². The van der Waals surface area contributed by atoms with Gasteiger partial charge in [0.1, 0.15) is 18.5 Å². The van der Waals surface area contributed by atoms with Gasteiger partial charge >= 0.3 is 0 Å². The first-order valence-corrected chi connectivity index (χ1v) is 5.02. The minimum atomic E-state index is 0.175. The lowest BCUT2D eigenvalue weighted by Gasteiger charge is -2.37. The number of fused-ring (bicyclic) bond motifs is 3. The van der Waals surface area contributed by atoms with E-state index in [-0.39, 0.29) is 6.10 Å². The molecule has 3 rings (SSSR count). The molecule has 0 bridgehead atoms. The Labute approximate surface area is 83.0 Å². The molecule has 2 aliphatic rings. The van der Waals surface area contributed by atoms with Crippen LogP contribution in [-0.4, -0.2) is 25.8 Å². The largest absolute Gasteiger partial charge is 0.491 e. The number of ether oxygens (including phenoxy) is 2. The van der Waals surface area contributed by atoms with Crippen molar-refractivity contribution in [1.82, 2.24) is 5.32 Å². The third-order valence-electron chi connectivity index (χ3n) is 2.82. The molecule has 3 heteroatoms. The highest BCUT2D eigenvalue weighted by atomic mass is 16.5. The number of nitrogens with one attached hydrogen (secondary N) is 1. The predicted molar refractivity (Wildman–Crippen MR) is 52.4 cm³/mol. The summed E-state index contributed by atoms with van der Waals surface area (Å²) in [6.07, 6.45) is 0.175. The molecule has 2 heterocycles. The molecule has 14 heavy (non-hydrogen) atoms. The van der Waals surface area contributed by atoms with Gasteiger partial charge in [0.15, 0.2) is 0 Å². The maximum absolute atomic E-state index is 5.77. The Bertz CT molecular complexity index is 340. The van der Waals surface area contributed by atoms with Crippen LogP contribution in [0.25, 0.3) is 0 Å². The average Bonchev–Trinajstić information content (AvgIpc) is 2.29. The highest BCUT2D eigenvalue weighted by Gasteiger charge is 2.33. The van der Waals surface area contributed by atoms with Crippen LogP contribution in [0.3, 0.4) is 0 Å². The van der Waals surface area contributed by atoms with Crippen molar-refractivity contribution in [2.45, 2.75) is 12.1 Å². The third kappa shape index (κ3) is 1.21. The zero-order valence-corrected chi connectivity index (χ0v) is 7.90. The second-order valence-corrected chi connectivity index (χ2v) is 3.70. The standard InChI is InChI=1S/C11H13NO2/c1-2-4-10-8(3-1)11-9(7-14-10)12-5-6-13-11/h1-4,9,11-12H,5-7H2/t9-,11-/m1/s1. The number of rotatable bonds is 0. The first kappa shape index (κ1) is 8.26. The Hall–Kier alpha value is -1.06. The molecule has 0 saturated carbocycles. The molecule has 1 aromatic rings. The topological polar surface area (TPSA) is 30.5 Å². The Morgan fingerprint density at radius 3 is 3.21 bits per heavy atom. The van der Waals surface area contributed by atoms with E-state index in [9.17, 15) is 0 Å². The van der Waals surface area contributed by atoms with Crippen LogP contribution < -0.4 is 10.1 Å². The van der Waals surface area contributed by atoms with E-state index in [4.69, 9.17) is 9.47 Å². The summed E-state index contributed by atoms with van der Waals surface area (Å²) in [5.74, 6) is 0.970. The van der Waals surface area contributed by atoms with Gasteiger partial charge in [-0.2, -0.15) is 0 Å². The summed E-state index contributed by atoms with van der Waals surface area (Å²) in [6.45, 7) is 2.42. The summed E-state index contributed by atoms with van der Waals surface area (Å²) in [5.41, 5.74) is 1.18. The van der Waals surface area contributed by atoms with Gasteiger partial charge in [0.05, 0.1) is 12.6 Å². The molecule has 1 N–H and O–H groups in total. The van der Waals surface area contributed by atoms with E-state index in [0.29, 0.717) is 12.6 Å². The SMILES string of the molecule is c1ccc2c(c1)OC[C@H]1NCCO[C@H]21. The predicted octanol–water partition coefficient (Wildman–Crippen LogP) is 1.11. The molecule has 0 aliphatic carbocycles. The molecule has 74 valence electrons. The smallest absolute Gasteiger partial charge is 0.125 e. The Morgan fingerprint density at radius 2 is 2.21 bits per heavy atom. The van der Waals surface area contributed by atoms with E-state index in [1.807, 2.05) is 18.2 Å². The Kier molecular flexibility index (Phi) is 1.92. The van der Waals surface area contributed by atoms with E-state index in [0.717, 1.165) is 18.9 Å². The highest BCUT2D eigenvalue weighted by molar-refractivity contribution is 5.38. The molecule has 1 aromatic carbocycles. The van der Waals surface area contributed by atoms with Gasteiger partial charge < -0.3 is 14.8 Å². The zero-order valence-electron chi connectivity index (χ0n) is 7.90. The van der Waals surface area contributed by atoms with Crippen molar-refractivity contribution in [3.63, 3.8) is 0 Å². The van der Waals surface area contributed by atoms with Crippen LogP contribution in [-0.2, 0) is 4.74 Å². The van der Waals surface area contributed by atoms with Crippen molar-refractivity contribution in [3.8, 4) is 5.75 Å². The first-order chi connectivity index (χ1) is 6.95. The molecule has 1 saturated heterocycles. The van der Waals surface area contributed by atoms with Crippen LogP contribution in [0.4, 0.5) is 0 Å². The molecular weight excluding hydrogens is 178 g/mol. The maximum atomic E-state index is 5.77. The fourth-order valence-corrected chi connectivity index (χ4v) is 2.13. The number of para-hydroxylation sites is 1. The summed E-state index contributed by atoms with van der Waals surface area (Å²) in [7, 11) is 0. The summed E-state index contributed by atoms with van der Waals surface area (Å²) in [6, 6.07) is 8.43. The van der Waals surface area contributed by atoms with Crippen LogP contribution in [0.15, 0.2) is 24.3 Å². The lowest BCUT2D eigenvalue weighted by Crippen LogP contribution is -2.48. The lowest BCUT2D eigenvalue weighted by atomic mass is 9.98. The van der Waals surface area contributed by atoms with Crippen molar-refractivity contribution >= 4 is 0 Å². The molecule has 2 aliphatic heterocycles. The molecule has 1 fully saturated rings. The van der Waals surface area contributed by atoms with Gasteiger partial charge in [0.2, 0.25) is 0 Å². The van der Waals surface area contributed by atoms with Crippen LogP contribution in [0.5, 0.6) is 5.75 Å². The number of morpholine rings is 1. The number of hydrogen-bond acceptors (Lipinski definition) is 3. The zero-order chi connectivity index (χ0) is 9.38. The molecule has 0 radical (unpaired) electrons. The fourth-order valence-electron chi connectivity index (χ4n) is 2.13. The molecule has 0 unspecified atom stereocenters. The van der Waals surface area contributed by atoms with Crippen molar-refractivity contribution in [2.24, 2.45) is 0 Å². The minimum Gasteiger partial charge on any atom is -0.491 e. The fraction of sp³-hybridized carbons (Fsp3) is 0.455. The van der Waals surface area contributed by atoms with Crippen LogP contribution in [0.2, 0.25) is 0 Å². The van der Waals surface area contributed by atoms with Gasteiger partial charge in [-0.1, -0.05) is 18.2 Å². The van der Waals surface area contributed by atoms with Crippen molar-refractivity contribution < 1.29 is 9.47 Å². The molecule has 2 atom stereocenters. The van der Waals surface area contributed by atoms with Gasteiger partial charge in [0, 0.05) is 12.1 Å². The molecule has 3 nitrogen and oxygen atoms in total. The van der Waals surface area contributed by atoms with Crippen LogP contribution in [0.1, 0.15) is 11.7 Å². The highest BCUT2D eigenvalue weighted by Crippen LogP contribution is 2.35.